The molecule has 4 nitrogen and oxygen atoms in total. The molecule has 0 unspecified atom stereocenters. The molecule has 23 heavy (non-hydrogen) atoms. The number of benzene rings is 2. The lowest BCUT2D eigenvalue weighted by atomic mass is 10.1. The van der Waals surface area contributed by atoms with Gasteiger partial charge in [-0.25, -0.2) is 4.98 Å². The van der Waals surface area contributed by atoms with Gasteiger partial charge in [-0.3, -0.25) is 0 Å². The molecule has 0 spiro atoms. The highest BCUT2D eigenvalue weighted by Gasteiger charge is 2.08. The fourth-order valence-electron chi connectivity index (χ4n) is 2.47. The second-order valence-corrected chi connectivity index (χ2v) is 5.23. The number of fused-ring (bicyclic) bond motifs is 1. The van der Waals surface area contributed by atoms with Crippen LogP contribution in [0.4, 0.5) is 11.5 Å². The molecule has 0 atom stereocenters. The number of aryl methyl sites for hydroxylation is 1. The summed E-state index contributed by atoms with van der Waals surface area (Å²) in [5.41, 5.74) is 3.38. The number of para-hydroxylation sites is 1. The number of aromatic nitrogens is 1. The summed E-state index contributed by atoms with van der Waals surface area (Å²) in [5.74, 6) is 1.39. The lowest BCUT2D eigenvalue weighted by molar-refractivity contribution is 0.340. The smallest absolute Gasteiger partial charge is 0.149 e. The molecule has 0 saturated carbocycles. The van der Waals surface area contributed by atoms with E-state index in [9.17, 15) is 5.26 Å². The largest absolute Gasteiger partial charge is 0.494 e. The highest BCUT2D eigenvalue weighted by atomic mass is 16.5. The number of hydrogen-bond acceptors (Lipinski definition) is 4. The van der Waals surface area contributed by atoms with Gasteiger partial charge in [0.15, 0.2) is 0 Å². The molecule has 0 bridgehead atoms. The number of pyridine rings is 1. The van der Waals surface area contributed by atoms with Crippen LogP contribution >= 0.6 is 0 Å². The van der Waals surface area contributed by atoms with Crippen LogP contribution in [0.5, 0.6) is 5.75 Å². The molecule has 3 rings (SSSR count). The van der Waals surface area contributed by atoms with Crippen LogP contribution in [0.3, 0.4) is 0 Å². The first-order valence-electron chi connectivity index (χ1n) is 7.51. The predicted molar refractivity (Wildman–Crippen MR) is 92.1 cm³/mol. The summed E-state index contributed by atoms with van der Waals surface area (Å²) in [5, 5.41) is 13.6. The molecule has 3 aromatic rings. The van der Waals surface area contributed by atoms with E-state index in [1.807, 2.05) is 62.4 Å². The zero-order chi connectivity index (χ0) is 16.2. The molecular weight excluding hydrogens is 286 g/mol. The van der Waals surface area contributed by atoms with Gasteiger partial charge in [-0.15, -0.1) is 0 Å². The van der Waals surface area contributed by atoms with Gasteiger partial charge in [0.25, 0.3) is 0 Å². The van der Waals surface area contributed by atoms with Gasteiger partial charge in [-0.1, -0.05) is 18.2 Å². The van der Waals surface area contributed by atoms with Gasteiger partial charge < -0.3 is 10.1 Å². The van der Waals surface area contributed by atoms with Crippen LogP contribution < -0.4 is 10.1 Å². The Bertz CT molecular complexity index is 879. The number of anilines is 2. The molecule has 0 amide bonds. The maximum Gasteiger partial charge on any atom is 0.149 e. The normalized spacial score (nSPS) is 10.3. The first-order valence-corrected chi connectivity index (χ1v) is 7.51. The van der Waals surface area contributed by atoms with Crippen molar-refractivity contribution in [3.8, 4) is 11.8 Å². The monoisotopic (exact) mass is 303 g/mol. The SMILES string of the molecule is CCOc1ccc(Nc2nc3c(C)cccc3cc2C#N)cc1. The molecule has 0 aliphatic rings. The zero-order valence-corrected chi connectivity index (χ0v) is 13.1. The average Bonchev–Trinajstić information content (AvgIpc) is 2.57. The van der Waals surface area contributed by atoms with Gasteiger partial charge in [-0.05, 0) is 49.7 Å². The summed E-state index contributed by atoms with van der Waals surface area (Å²) in [6.07, 6.45) is 0. The van der Waals surface area contributed by atoms with Crippen LogP contribution in [0.15, 0.2) is 48.5 Å². The van der Waals surface area contributed by atoms with Gasteiger partial charge in [-0.2, -0.15) is 5.26 Å². The molecule has 0 fully saturated rings. The molecule has 4 heteroatoms. The maximum atomic E-state index is 9.39. The van der Waals surface area contributed by atoms with E-state index in [1.165, 1.54) is 0 Å². The van der Waals surface area contributed by atoms with E-state index in [2.05, 4.69) is 16.4 Å². The summed E-state index contributed by atoms with van der Waals surface area (Å²) < 4.78 is 5.43. The fourth-order valence-corrected chi connectivity index (χ4v) is 2.47. The second-order valence-electron chi connectivity index (χ2n) is 5.23. The third-order valence-electron chi connectivity index (χ3n) is 3.60. The van der Waals surface area contributed by atoms with Gasteiger partial charge >= 0.3 is 0 Å². The summed E-state index contributed by atoms with van der Waals surface area (Å²) in [4.78, 5) is 4.63. The standard InChI is InChI=1S/C19H17N3O/c1-3-23-17-9-7-16(8-10-17)21-19-15(12-20)11-14-6-4-5-13(2)18(14)22-19/h4-11H,3H2,1-2H3,(H,21,22). The minimum atomic E-state index is 0.525. The molecule has 0 aliphatic carbocycles. The Kier molecular flexibility index (Phi) is 4.11. The zero-order valence-electron chi connectivity index (χ0n) is 13.1. The van der Waals surface area contributed by atoms with Crippen LogP contribution in [-0.4, -0.2) is 11.6 Å². The number of ether oxygens (including phenoxy) is 1. The van der Waals surface area contributed by atoms with Gasteiger partial charge in [0, 0.05) is 11.1 Å². The van der Waals surface area contributed by atoms with Crippen LogP contribution in [0.25, 0.3) is 10.9 Å². The fraction of sp³-hybridized carbons (Fsp3) is 0.158. The van der Waals surface area contributed by atoms with E-state index in [0.29, 0.717) is 18.0 Å². The summed E-state index contributed by atoms with van der Waals surface area (Å²) >= 11 is 0. The topological polar surface area (TPSA) is 57.9 Å². The predicted octanol–water partition coefficient (Wildman–Crippen LogP) is 4.56. The van der Waals surface area contributed by atoms with E-state index in [0.717, 1.165) is 27.9 Å². The van der Waals surface area contributed by atoms with Crippen LogP contribution in [0, 0.1) is 18.3 Å². The molecule has 0 saturated heterocycles. The highest BCUT2D eigenvalue weighted by Crippen LogP contribution is 2.26. The van der Waals surface area contributed by atoms with E-state index in [-0.39, 0.29) is 0 Å². The van der Waals surface area contributed by atoms with Crippen molar-refractivity contribution in [1.29, 1.82) is 5.26 Å². The Labute approximate surface area is 135 Å². The van der Waals surface area contributed by atoms with Crippen LogP contribution in [-0.2, 0) is 0 Å². The number of nitrogens with one attached hydrogen (secondary N) is 1. The Balaban J connectivity index is 1.98. The lowest BCUT2D eigenvalue weighted by Gasteiger charge is -2.11. The molecular formula is C19H17N3O. The molecule has 2 aromatic carbocycles. The van der Waals surface area contributed by atoms with Gasteiger partial charge in [0.2, 0.25) is 0 Å². The van der Waals surface area contributed by atoms with E-state index >= 15 is 0 Å². The maximum absolute atomic E-state index is 9.39. The first kappa shape index (κ1) is 14.9. The summed E-state index contributed by atoms with van der Waals surface area (Å²) in [7, 11) is 0. The minimum Gasteiger partial charge on any atom is -0.494 e. The molecule has 1 heterocycles. The lowest BCUT2D eigenvalue weighted by Crippen LogP contribution is -1.99. The Morgan fingerprint density at radius 1 is 1.17 bits per heavy atom. The van der Waals surface area contributed by atoms with Gasteiger partial charge in [0.05, 0.1) is 17.7 Å². The molecule has 114 valence electrons. The van der Waals surface area contributed by atoms with Crippen LogP contribution in [0.1, 0.15) is 18.1 Å². The van der Waals surface area contributed by atoms with Crippen molar-refractivity contribution in [2.24, 2.45) is 0 Å². The Hall–Kier alpha value is -3.06. The van der Waals surface area contributed by atoms with Crippen LogP contribution in [0.2, 0.25) is 0 Å². The van der Waals surface area contributed by atoms with Crippen molar-refractivity contribution in [3.63, 3.8) is 0 Å². The highest BCUT2D eigenvalue weighted by molar-refractivity contribution is 5.86. The van der Waals surface area contributed by atoms with Crippen molar-refractivity contribution in [2.45, 2.75) is 13.8 Å². The van der Waals surface area contributed by atoms with E-state index < -0.39 is 0 Å². The van der Waals surface area contributed by atoms with Crippen molar-refractivity contribution in [3.05, 3.63) is 59.7 Å². The number of nitrogens with zero attached hydrogens (tertiary/aromatic N) is 2. The van der Waals surface area contributed by atoms with Gasteiger partial charge in [0.1, 0.15) is 17.6 Å². The Morgan fingerprint density at radius 2 is 1.96 bits per heavy atom. The van der Waals surface area contributed by atoms with Crippen molar-refractivity contribution < 1.29 is 4.74 Å². The number of rotatable bonds is 4. The van der Waals surface area contributed by atoms with E-state index in [4.69, 9.17) is 4.74 Å². The second kappa shape index (κ2) is 6.37. The minimum absolute atomic E-state index is 0.525. The molecule has 1 aromatic heterocycles. The summed E-state index contributed by atoms with van der Waals surface area (Å²) in [6.45, 7) is 4.60. The third kappa shape index (κ3) is 3.09. The van der Waals surface area contributed by atoms with E-state index in [1.54, 1.807) is 0 Å². The van der Waals surface area contributed by atoms with Crippen molar-refractivity contribution >= 4 is 22.4 Å². The average molecular weight is 303 g/mol. The van der Waals surface area contributed by atoms with Crippen molar-refractivity contribution in [1.82, 2.24) is 4.98 Å². The van der Waals surface area contributed by atoms with Crippen molar-refractivity contribution in [2.75, 3.05) is 11.9 Å². The first-order chi connectivity index (χ1) is 11.2. The molecule has 1 N–H and O–H groups in total. The summed E-state index contributed by atoms with van der Waals surface area (Å²) in [6, 6.07) is 17.6. The number of hydrogen-bond donors (Lipinski definition) is 1. The quantitative estimate of drug-likeness (QED) is 0.767. The third-order valence-corrected chi connectivity index (χ3v) is 3.60. The molecule has 0 radical (unpaired) electrons. The Morgan fingerprint density at radius 3 is 2.65 bits per heavy atom. The number of nitriles is 1. The molecule has 0 aliphatic heterocycles.